The summed E-state index contributed by atoms with van der Waals surface area (Å²) in [4.78, 5) is 68.8. The van der Waals surface area contributed by atoms with E-state index in [9.17, 15) is 24.3 Å². The summed E-state index contributed by atoms with van der Waals surface area (Å²) in [5, 5.41) is 23.8. The molecule has 15 nitrogen and oxygen atoms in total. The monoisotopic (exact) mass is 895 g/mol. The molecule has 6 N–H and O–H groups in total. The lowest BCUT2D eigenvalue weighted by atomic mass is 9.80. The molecule has 9 rings (SSSR count). The van der Waals surface area contributed by atoms with Crippen LogP contribution in [0.4, 0.5) is 5.13 Å². The Bertz CT molecular complexity index is 2560. The van der Waals surface area contributed by atoms with Gasteiger partial charge in [-0.25, -0.2) is 4.79 Å². The molecule has 3 fully saturated rings. The van der Waals surface area contributed by atoms with Crippen molar-refractivity contribution in [2.45, 2.75) is 48.5 Å². The number of likely N-dealkylation sites (tertiary alicyclic amines) is 1. The van der Waals surface area contributed by atoms with E-state index in [2.05, 4.69) is 54.7 Å². The number of carboxylic acid groups (broad SMARTS) is 1. The largest absolute Gasteiger partial charge is 0.477 e. The molecule has 4 aromatic carbocycles. The Morgan fingerprint density at radius 2 is 1.61 bits per heavy atom. The van der Waals surface area contributed by atoms with Crippen molar-refractivity contribution in [3.63, 3.8) is 0 Å². The molecule has 17 heteroatoms. The fourth-order valence-corrected chi connectivity index (χ4v) is 10.6. The number of aliphatic carboxylic acids is 1. The molecule has 4 aliphatic rings. The van der Waals surface area contributed by atoms with E-state index < -0.39 is 34.8 Å². The molecule has 5 aromatic rings. The van der Waals surface area contributed by atoms with Gasteiger partial charge in [-0.3, -0.25) is 19.3 Å². The number of nitrogens with one attached hydrogen (secondary N) is 3. The minimum atomic E-state index is -1.35. The van der Waals surface area contributed by atoms with Crippen molar-refractivity contribution in [1.82, 2.24) is 35.1 Å². The number of oxime groups is 1. The number of nitrogens with two attached hydrogens (primary N) is 1. The van der Waals surface area contributed by atoms with E-state index in [-0.39, 0.29) is 46.1 Å². The number of nitrogen functional groups attached to an aromatic ring is 1. The second kappa shape index (κ2) is 18.2. The first-order chi connectivity index (χ1) is 31.2. The number of fused-ring (bicyclic) bond motifs is 1. The summed E-state index contributed by atoms with van der Waals surface area (Å²) in [7, 11) is 1.91. The van der Waals surface area contributed by atoms with Crippen LogP contribution in [0.25, 0.3) is 0 Å². The molecule has 0 bridgehead atoms. The third-order valence-corrected chi connectivity index (χ3v) is 13.8. The number of anilines is 1. The summed E-state index contributed by atoms with van der Waals surface area (Å²) in [6.45, 7) is 1.95. The van der Waals surface area contributed by atoms with E-state index in [1.54, 1.807) is 6.08 Å². The number of hydrogen-bond acceptors (Lipinski definition) is 13. The standard InChI is InChI=1S/C47H45N9O6S2/c1-49-25-28-17-19-29(20-18-28)36-24-35(26-50-36)55-22-21-30(42(55)58)23-31-27-63-44-38(43(59)56(44)39(31)45(60)61)51-41(57)37(40-52-46(48)64-54-40)53-62-47(32-11-5-2-6-12-32,33-13-7-3-8-14-33)34-15-9-4-10-16-34/h2-20,23,35-36,38,44,49-50H,21-22,24-27H2,1H3,(H,51,57)(H,60,61)(H2,48,52,54)/b30-23+,53-37-/t35-,36+,38+,44+/m0/s1. The Hall–Kier alpha value is -6.66. The molecule has 0 saturated carbocycles. The van der Waals surface area contributed by atoms with Crippen LogP contribution in [0.15, 0.2) is 143 Å². The highest BCUT2D eigenvalue weighted by Gasteiger charge is 2.55. The number of allylic oxidation sites excluding steroid dienone is 1. The zero-order valence-corrected chi connectivity index (χ0v) is 36.4. The fourth-order valence-electron chi connectivity index (χ4n) is 8.88. The topological polar surface area (TPSA) is 204 Å². The number of aromatic nitrogens is 2. The zero-order valence-electron chi connectivity index (χ0n) is 34.7. The molecule has 5 heterocycles. The molecular weight excluding hydrogens is 851 g/mol. The van der Waals surface area contributed by atoms with Gasteiger partial charge < -0.3 is 36.5 Å². The van der Waals surface area contributed by atoms with E-state index in [0.29, 0.717) is 30.7 Å². The number of carbonyl (C=O) groups is 4. The quantitative estimate of drug-likeness (QED) is 0.0343. The summed E-state index contributed by atoms with van der Waals surface area (Å²) in [5.74, 6) is -2.81. The van der Waals surface area contributed by atoms with Crippen LogP contribution in [0.2, 0.25) is 0 Å². The van der Waals surface area contributed by atoms with Crippen LogP contribution in [0.1, 0.15) is 52.5 Å². The Labute approximate surface area is 377 Å². The molecule has 3 saturated heterocycles. The van der Waals surface area contributed by atoms with Gasteiger partial charge in [0.25, 0.3) is 11.8 Å². The molecule has 3 amide bonds. The van der Waals surface area contributed by atoms with Crippen molar-refractivity contribution in [2.75, 3.05) is 31.6 Å². The van der Waals surface area contributed by atoms with Gasteiger partial charge in [-0.1, -0.05) is 120 Å². The van der Waals surface area contributed by atoms with Gasteiger partial charge in [-0.2, -0.15) is 9.36 Å². The number of carbonyl (C=O) groups excluding carboxylic acids is 3. The van der Waals surface area contributed by atoms with Crippen molar-refractivity contribution in [3.05, 3.63) is 172 Å². The number of amides is 3. The highest BCUT2D eigenvalue weighted by Crippen LogP contribution is 2.43. The SMILES string of the molecule is CNCc1ccc([C@H]2C[C@H](N3CC/C(=C\C4=C(C(=O)O)N5C(=O)[C@@H](NC(=O)/C(=N\OC(c6ccccc6)(c6ccccc6)c6ccccc6)c6nsc(N)n6)[C@H]5SC4)C3=O)CN2)cc1. The molecule has 64 heavy (non-hydrogen) atoms. The van der Waals surface area contributed by atoms with Crippen LogP contribution >= 0.6 is 23.3 Å². The maximum Gasteiger partial charge on any atom is 0.352 e. The first-order valence-electron chi connectivity index (χ1n) is 20.9. The minimum absolute atomic E-state index is 0.0130. The molecule has 1 aromatic heterocycles. The van der Waals surface area contributed by atoms with Crippen LogP contribution in [-0.4, -0.2) is 97.0 Å². The number of thioether (sulfide) groups is 1. The molecule has 0 aliphatic carbocycles. The highest BCUT2D eigenvalue weighted by molar-refractivity contribution is 8.00. The maximum absolute atomic E-state index is 14.3. The van der Waals surface area contributed by atoms with Crippen LogP contribution in [0, 0.1) is 0 Å². The number of benzene rings is 4. The van der Waals surface area contributed by atoms with Crippen molar-refractivity contribution in [2.24, 2.45) is 5.16 Å². The first-order valence-corrected chi connectivity index (χ1v) is 22.7. The first kappa shape index (κ1) is 42.6. The number of β-lactam (4-membered cyclic amide) rings is 1. The van der Waals surface area contributed by atoms with Crippen molar-refractivity contribution in [3.8, 4) is 0 Å². The zero-order chi connectivity index (χ0) is 44.4. The number of hydrogen-bond donors (Lipinski definition) is 5. The molecule has 326 valence electrons. The minimum Gasteiger partial charge on any atom is -0.477 e. The lowest BCUT2D eigenvalue weighted by Crippen LogP contribution is -2.71. The third-order valence-electron chi connectivity index (χ3n) is 12.0. The van der Waals surface area contributed by atoms with Crippen LogP contribution in [0.5, 0.6) is 0 Å². The third kappa shape index (κ3) is 8.07. The molecule has 4 atom stereocenters. The van der Waals surface area contributed by atoms with E-state index in [0.717, 1.165) is 41.2 Å². The second-order valence-electron chi connectivity index (χ2n) is 15.8. The van der Waals surface area contributed by atoms with Gasteiger partial charge in [-0.05, 0) is 42.7 Å². The van der Waals surface area contributed by atoms with Crippen molar-refractivity contribution < 1.29 is 29.1 Å². The Kier molecular flexibility index (Phi) is 12.1. The average molecular weight is 896 g/mol. The maximum atomic E-state index is 14.3. The molecular formula is C47H45N9O6S2. The lowest BCUT2D eigenvalue weighted by molar-refractivity contribution is -0.150. The Morgan fingerprint density at radius 1 is 0.969 bits per heavy atom. The molecule has 0 unspecified atom stereocenters. The van der Waals surface area contributed by atoms with Crippen LogP contribution in [-0.2, 0) is 36.2 Å². The van der Waals surface area contributed by atoms with E-state index in [4.69, 9.17) is 10.6 Å². The van der Waals surface area contributed by atoms with E-state index in [1.807, 2.05) is 103 Å². The molecule has 0 radical (unpaired) electrons. The molecule has 0 spiro atoms. The van der Waals surface area contributed by atoms with Gasteiger partial charge in [0, 0.05) is 71.3 Å². The fraction of sp³-hybridized carbons (Fsp3) is 0.255. The predicted molar refractivity (Wildman–Crippen MR) is 244 cm³/mol. The van der Waals surface area contributed by atoms with Crippen LogP contribution < -0.4 is 21.7 Å². The highest BCUT2D eigenvalue weighted by atomic mass is 32.2. The van der Waals surface area contributed by atoms with Crippen LogP contribution in [0.3, 0.4) is 0 Å². The second-order valence-corrected chi connectivity index (χ2v) is 17.7. The smallest absolute Gasteiger partial charge is 0.352 e. The van der Waals surface area contributed by atoms with Gasteiger partial charge in [0.2, 0.25) is 23.0 Å². The number of rotatable bonds is 14. The average Bonchev–Trinajstić information content (AvgIpc) is 4.08. The van der Waals surface area contributed by atoms with Crippen molar-refractivity contribution >= 4 is 57.8 Å². The lowest BCUT2D eigenvalue weighted by Gasteiger charge is -2.49. The van der Waals surface area contributed by atoms with Gasteiger partial charge in [0.15, 0.2) is 5.13 Å². The Balaban J connectivity index is 0.945. The van der Waals surface area contributed by atoms with E-state index >= 15 is 0 Å². The Morgan fingerprint density at radius 3 is 2.19 bits per heavy atom. The van der Waals surface area contributed by atoms with E-state index in [1.165, 1.54) is 27.8 Å². The van der Waals surface area contributed by atoms with Gasteiger partial charge in [0.1, 0.15) is 17.1 Å². The normalized spacial score (nSPS) is 21.8. The summed E-state index contributed by atoms with van der Waals surface area (Å²) in [5.41, 5.74) is 9.48. The number of carboxylic acids is 1. The predicted octanol–water partition coefficient (Wildman–Crippen LogP) is 4.55. The number of nitrogens with zero attached hydrogens (tertiary/aromatic N) is 5. The van der Waals surface area contributed by atoms with Gasteiger partial charge in [-0.15, -0.1) is 11.8 Å². The summed E-state index contributed by atoms with van der Waals surface area (Å²) >= 11 is 2.16. The van der Waals surface area contributed by atoms with Gasteiger partial charge in [0.05, 0.1) is 0 Å². The van der Waals surface area contributed by atoms with Gasteiger partial charge >= 0.3 is 5.97 Å². The summed E-state index contributed by atoms with van der Waals surface area (Å²) in [6.07, 6.45) is 2.85. The summed E-state index contributed by atoms with van der Waals surface area (Å²) in [6, 6.07) is 35.8. The summed E-state index contributed by atoms with van der Waals surface area (Å²) < 4.78 is 4.27. The molecule has 4 aliphatic heterocycles. The van der Waals surface area contributed by atoms with Crippen molar-refractivity contribution in [1.29, 1.82) is 0 Å².